The molecule has 0 radical (unpaired) electrons. The Morgan fingerprint density at radius 2 is 1.52 bits per heavy atom. The van der Waals surface area contributed by atoms with Gasteiger partial charge in [0.05, 0.1) is 29.4 Å². The van der Waals surface area contributed by atoms with Crippen molar-refractivity contribution >= 4 is 29.4 Å². The number of rotatable bonds is 13. The van der Waals surface area contributed by atoms with E-state index in [1.54, 1.807) is 0 Å². The molecule has 150 valence electrons. The van der Waals surface area contributed by atoms with Crippen molar-refractivity contribution in [2.24, 2.45) is 0 Å². The van der Waals surface area contributed by atoms with Crippen LogP contribution in [0.4, 0.5) is 0 Å². The van der Waals surface area contributed by atoms with Gasteiger partial charge in [-0.1, -0.05) is 13.8 Å². The third-order valence-electron chi connectivity index (χ3n) is 3.66. The molecule has 0 aliphatic rings. The summed E-state index contributed by atoms with van der Waals surface area (Å²) in [5.74, 6) is 0.855. The van der Waals surface area contributed by atoms with Crippen LogP contribution in [-0.4, -0.2) is 95.8 Å². The second-order valence-corrected chi connectivity index (χ2v) is 9.22. The van der Waals surface area contributed by atoms with Gasteiger partial charge in [0.1, 0.15) is 18.3 Å². The molecule has 0 unspecified atom stereocenters. The molecule has 1 amide bonds. The molecule has 5 atom stereocenters. The third-order valence-corrected chi connectivity index (χ3v) is 6.59. The Hall–Kier alpha value is -0.0700. The van der Waals surface area contributed by atoms with Crippen molar-refractivity contribution in [1.82, 2.24) is 5.32 Å². The Morgan fingerprint density at radius 1 is 1.00 bits per heavy atom. The van der Waals surface area contributed by atoms with Crippen LogP contribution in [0.5, 0.6) is 0 Å². The van der Waals surface area contributed by atoms with Crippen LogP contribution in [-0.2, 0) is 4.79 Å². The number of aliphatic hydroxyl groups is 6. The average Bonchev–Trinajstić information content (AvgIpc) is 2.57. The van der Waals surface area contributed by atoms with Crippen LogP contribution in [0.25, 0.3) is 0 Å². The van der Waals surface area contributed by atoms with Crippen molar-refractivity contribution in [3.63, 3.8) is 0 Å². The van der Waals surface area contributed by atoms with E-state index in [0.717, 1.165) is 0 Å². The summed E-state index contributed by atoms with van der Waals surface area (Å²) in [4.78, 5) is 11.4. The SMILES string of the molecule is CCSC(CO)(C[C@H](O)[C@@H](NC(C)=O)[C@@H](O)[C@H](O)[C@H](O)CO)SCC. The molecule has 0 aliphatic heterocycles. The van der Waals surface area contributed by atoms with Crippen LogP contribution < -0.4 is 5.32 Å². The van der Waals surface area contributed by atoms with E-state index in [0.29, 0.717) is 11.5 Å². The highest BCUT2D eigenvalue weighted by atomic mass is 32.2. The van der Waals surface area contributed by atoms with E-state index in [4.69, 9.17) is 5.11 Å². The Bertz CT molecular complexity index is 383. The lowest BCUT2D eigenvalue weighted by Crippen LogP contribution is -2.58. The Kier molecular flexibility index (Phi) is 12.3. The van der Waals surface area contributed by atoms with Crippen LogP contribution in [0.15, 0.2) is 0 Å². The van der Waals surface area contributed by atoms with Crippen LogP contribution >= 0.6 is 23.5 Å². The predicted molar refractivity (Wildman–Crippen MR) is 99.4 cm³/mol. The van der Waals surface area contributed by atoms with Crippen LogP contribution in [0.2, 0.25) is 0 Å². The van der Waals surface area contributed by atoms with Gasteiger partial charge in [-0.05, 0) is 11.5 Å². The second kappa shape index (κ2) is 12.3. The van der Waals surface area contributed by atoms with Crippen LogP contribution in [0, 0.1) is 0 Å². The van der Waals surface area contributed by atoms with E-state index in [1.165, 1.54) is 30.4 Å². The summed E-state index contributed by atoms with van der Waals surface area (Å²) >= 11 is 2.90. The number of hydrogen-bond acceptors (Lipinski definition) is 9. The first-order valence-electron chi connectivity index (χ1n) is 8.16. The van der Waals surface area contributed by atoms with E-state index < -0.39 is 47.1 Å². The number of nitrogens with one attached hydrogen (secondary N) is 1. The largest absolute Gasteiger partial charge is 0.394 e. The van der Waals surface area contributed by atoms with Gasteiger partial charge < -0.3 is 36.0 Å². The maximum atomic E-state index is 11.4. The topological polar surface area (TPSA) is 150 Å². The molecular formula is C15H31NO7S2. The van der Waals surface area contributed by atoms with Crippen molar-refractivity contribution < 1.29 is 35.4 Å². The molecule has 0 saturated carbocycles. The van der Waals surface area contributed by atoms with Gasteiger partial charge >= 0.3 is 0 Å². The number of aliphatic hydroxyl groups excluding tert-OH is 6. The maximum absolute atomic E-state index is 11.4. The molecule has 0 saturated heterocycles. The lowest BCUT2D eigenvalue weighted by atomic mass is 9.94. The van der Waals surface area contributed by atoms with Gasteiger partial charge in [-0.25, -0.2) is 0 Å². The number of carbonyl (C=O) groups is 1. The quantitative estimate of drug-likeness (QED) is 0.183. The lowest BCUT2D eigenvalue weighted by molar-refractivity contribution is -0.128. The fourth-order valence-corrected chi connectivity index (χ4v) is 5.33. The highest BCUT2D eigenvalue weighted by Crippen LogP contribution is 2.41. The van der Waals surface area contributed by atoms with Crippen LogP contribution in [0.3, 0.4) is 0 Å². The van der Waals surface area contributed by atoms with E-state index >= 15 is 0 Å². The molecule has 10 heteroatoms. The lowest BCUT2D eigenvalue weighted by Gasteiger charge is -2.37. The monoisotopic (exact) mass is 401 g/mol. The summed E-state index contributed by atoms with van der Waals surface area (Å²) in [7, 11) is 0. The molecule has 0 rings (SSSR count). The standard InChI is InChI=1S/C15H31NO7S2/c1-4-24-15(8-18,25-5-2)6-10(20)12(16-9(3)19)14(23)13(22)11(21)7-17/h10-14,17-18,20-23H,4-8H2,1-3H3,(H,16,19)/t10-,11+,12+,13+,14+/m0/s1. The van der Waals surface area contributed by atoms with Gasteiger partial charge in [0.25, 0.3) is 0 Å². The molecule has 0 heterocycles. The minimum Gasteiger partial charge on any atom is -0.394 e. The molecule has 0 aromatic carbocycles. The predicted octanol–water partition coefficient (Wildman–Crippen LogP) is -1.49. The zero-order chi connectivity index (χ0) is 19.6. The molecule has 7 N–H and O–H groups in total. The number of thioether (sulfide) groups is 2. The second-order valence-electron chi connectivity index (χ2n) is 5.66. The summed E-state index contributed by atoms with van der Waals surface area (Å²) in [5, 5.41) is 61.3. The normalized spacial score (nSPS) is 18.3. The van der Waals surface area contributed by atoms with Crippen LogP contribution in [0.1, 0.15) is 27.2 Å². The summed E-state index contributed by atoms with van der Waals surface area (Å²) in [5.41, 5.74) is 0. The Labute approximate surface area is 157 Å². The fourth-order valence-electron chi connectivity index (χ4n) is 2.48. The minimum absolute atomic E-state index is 0.0461. The Balaban J connectivity index is 5.39. The average molecular weight is 402 g/mol. The molecule has 0 bridgehead atoms. The van der Waals surface area contributed by atoms with Gasteiger partial charge in [-0.2, -0.15) is 0 Å². The molecule has 0 aliphatic carbocycles. The van der Waals surface area contributed by atoms with Crippen molar-refractivity contribution in [3.05, 3.63) is 0 Å². The first-order chi connectivity index (χ1) is 11.7. The summed E-state index contributed by atoms with van der Waals surface area (Å²) in [6.45, 7) is 4.03. The molecule has 25 heavy (non-hydrogen) atoms. The van der Waals surface area contributed by atoms with Crippen molar-refractivity contribution in [2.45, 2.75) is 61.7 Å². The molecule has 0 spiro atoms. The highest BCUT2D eigenvalue weighted by molar-refractivity contribution is 8.18. The van der Waals surface area contributed by atoms with Gasteiger partial charge in [0.2, 0.25) is 5.91 Å². The van der Waals surface area contributed by atoms with Crippen molar-refractivity contribution in [3.8, 4) is 0 Å². The minimum atomic E-state index is -1.75. The zero-order valence-corrected chi connectivity index (χ0v) is 16.5. The summed E-state index contributed by atoms with van der Waals surface area (Å²) < 4.78 is -0.722. The summed E-state index contributed by atoms with van der Waals surface area (Å²) in [6.07, 6.45) is -6.31. The smallest absolute Gasteiger partial charge is 0.217 e. The van der Waals surface area contributed by atoms with Gasteiger partial charge in [0, 0.05) is 13.3 Å². The molecule has 0 fully saturated rings. The summed E-state index contributed by atoms with van der Waals surface area (Å²) in [6, 6.07) is -1.27. The highest BCUT2D eigenvalue weighted by Gasteiger charge is 2.40. The third kappa shape index (κ3) is 8.00. The van der Waals surface area contributed by atoms with Crippen molar-refractivity contribution in [1.29, 1.82) is 0 Å². The van der Waals surface area contributed by atoms with E-state index in [2.05, 4.69) is 5.32 Å². The van der Waals surface area contributed by atoms with Gasteiger partial charge in [-0.15, -0.1) is 23.5 Å². The first-order valence-corrected chi connectivity index (χ1v) is 10.1. The molecule has 0 aromatic rings. The van der Waals surface area contributed by atoms with E-state index in [1.807, 2.05) is 13.8 Å². The van der Waals surface area contributed by atoms with Gasteiger partial charge in [0.15, 0.2) is 0 Å². The molecule has 0 aromatic heterocycles. The maximum Gasteiger partial charge on any atom is 0.217 e. The number of carbonyl (C=O) groups excluding carboxylic acids is 1. The molecule has 8 nitrogen and oxygen atoms in total. The van der Waals surface area contributed by atoms with Crippen molar-refractivity contribution in [2.75, 3.05) is 24.7 Å². The van der Waals surface area contributed by atoms with Gasteiger partial charge in [-0.3, -0.25) is 4.79 Å². The fraction of sp³-hybridized carbons (Fsp3) is 0.933. The molecular weight excluding hydrogens is 370 g/mol. The van der Waals surface area contributed by atoms with E-state index in [9.17, 15) is 30.3 Å². The first kappa shape index (κ1) is 24.9. The Morgan fingerprint density at radius 3 is 1.88 bits per heavy atom. The number of amides is 1. The zero-order valence-electron chi connectivity index (χ0n) is 14.8. The number of hydrogen-bond donors (Lipinski definition) is 7. The van der Waals surface area contributed by atoms with E-state index in [-0.39, 0.29) is 13.0 Å².